The van der Waals surface area contributed by atoms with Gasteiger partial charge in [0.25, 0.3) is 0 Å². The van der Waals surface area contributed by atoms with Crippen molar-refractivity contribution in [2.75, 3.05) is 13.6 Å². The number of pyridine rings is 1. The van der Waals surface area contributed by atoms with Crippen LogP contribution < -0.4 is 0 Å². The van der Waals surface area contributed by atoms with Gasteiger partial charge in [-0.25, -0.2) is 9.78 Å². The van der Waals surface area contributed by atoms with Crippen LogP contribution in [0.5, 0.6) is 0 Å². The lowest BCUT2D eigenvalue weighted by molar-refractivity contribution is 0.0691. The Balaban J connectivity index is 1.71. The Kier molecular flexibility index (Phi) is 5.53. The second-order valence-electron chi connectivity index (χ2n) is 5.84. The van der Waals surface area contributed by atoms with Gasteiger partial charge in [-0.15, -0.1) is 11.3 Å². The molecule has 0 spiro atoms. The topological polar surface area (TPSA) is 66.3 Å². The number of thiazole rings is 1. The lowest BCUT2D eigenvalue weighted by atomic mass is 10.1. The van der Waals surface area contributed by atoms with Gasteiger partial charge in [-0.3, -0.25) is 4.98 Å². The number of carbonyl (C=O) groups is 1. The van der Waals surface area contributed by atoms with Crippen LogP contribution in [-0.2, 0) is 13.0 Å². The molecule has 3 rings (SSSR count). The van der Waals surface area contributed by atoms with Gasteiger partial charge in [-0.2, -0.15) is 0 Å². The molecular formula is C19H19N3O2S. The van der Waals surface area contributed by atoms with Gasteiger partial charge < -0.3 is 10.0 Å². The van der Waals surface area contributed by atoms with Crippen molar-refractivity contribution in [1.82, 2.24) is 14.9 Å². The number of hydrogen-bond acceptors (Lipinski definition) is 5. The van der Waals surface area contributed by atoms with Crippen LogP contribution in [0.15, 0.2) is 54.2 Å². The highest BCUT2D eigenvalue weighted by Gasteiger charge is 2.13. The minimum Gasteiger partial charge on any atom is -0.476 e. The highest BCUT2D eigenvalue weighted by molar-refractivity contribution is 7.13. The summed E-state index contributed by atoms with van der Waals surface area (Å²) in [6, 6.07) is 12.1. The number of hydrogen-bond donors (Lipinski definition) is 1. The number of aromatic nitrogens is 2. The van der Waals surface area contributed by atoms with E-state index < -0.39 is 5.97 Å². The Morgan fingerprint density at radius 3 is 2.68 bits per heavy atom. The molecule has 128 valence electrons. The van der Waals surface area contributed by atoms with E-state index in [4.69, 9.17) is 5.11 Å². The van der Waals surface area contributed by atoms with Crippen LogP contribution in [0.2, 0.25) is 0 Å². The maximum Gasteiger partial charge on any atom is 0.355 e. The average molecular weight is 353 g/mol. The molecule has 2 aromatic heterocycles. The highest BCUT2D eigenvalue weighted by atomic mass is 32.1. The average Bonchev–Trinajstić information content (AvgIpc) is 3.12. The summed E-state index contributed by atoms with van der Waals surface area (Å²) in [4.78, 5) is 21.6. The molecule has 0 saturated carbocycles. The molecule has 0 fully saturated rings. The Morgan fingerprint density at radius 1 is 1.20 bits per heavy atom. The minimum absolute atomic E-state index is 0.0980. The molecule has 0 aliphatic heterocycles. The molecule has 1 N–H and O–H groups in total. The van der Waals surface area contributed by atoms with Gasteiger partial charge in [0.05, 0.1) is 0 Å². The van der Waals surface area contributed by atoms with Crippen molar-refractivity contribution in [1.29, 1.82) is 0 Å². The maximum absolute atomic E-state index is 11.1. The number of aromatic carboxylic acids is 1. The first-order valence-electron chi connectivity index (χ1n) is 7.98. The lowest BCUT2D eigenvalue weighted by Crippen LogP contribution is -2.21. The summed E-state index contributed by atoms with van der Waals surface area (Å²) in [6.45, 7) is 1.71. The van der Waals surface area contributed by atoms with E-state index in [2.05, 4.69) is 28.0 Å². The van der Waals surface area contributed by atoms with E-state index in [0.29, 0.717) is 0 Å². The molecule has 0 aliphatic carbocycles. The largest absolute Gasteiger partial charge is 0.476 e. The molecule has 0 atom stereocenters. The van der Waals surface area contributed by atoms with E-state index in [0.717, 1.165) is 35.6 Å². The molecule has 0 radical (unpaired) electrons. The third-order valence-corrected chi connectivity index (χ3v) is 4.82. The van der Waals surface area contributed by atoms with Crippen molar-refractivity contribution >= 4 is 17.3 Å². The van der Waals surface area contributed by atoms with Crippen molar-refractivity contribution in [2.45, 2.75) is 13.0 Å². The smallest absolute Gasteiger partial charge is 0.355 e. The fraction of sp³-hybridized carbons (Fsp3) is 0.211. The van der Waals surface area contributed by atoms with Crippen molar-refractivity contribution in [3.05, 3.63) is 71.0 Å². The molecule has 0 amide bonds. The van der Waals surface area contributed by atoms with E-state index in [9.17, 15) is 4.79 Å². The molecule has 2 heterocycles. The Labute approximate surface area is 150 Å². The summed E-state index contributed by atoms with van der Waals surface area (Å²) >= 11 is 1.37. The van der Waals surface area contributed by atoms with Crippen molar-refractivity contribution < 1.29 is 9.90 Å². The maximum atomic E-state index is 11.1. The fourth-order valence-electron chi connectivity index (χ4n) is 2.60. The third-order valence-electron chi connectivity index (χ3n) is 3.94. The fourth-order valence-corrected chi connectivity index (χ4v) is 3.46. The lowest BCUT2D eigenvalue weighted by Gasteiger charge is -2.18. The molecular weight excluding hydrogens is 334 g/mol. The van der Waals surface area contributed by atoms with Crippen LogP contribution >= 0.6 is 11.3 Å². The standard InChI is InChI=1S/C19H19N3O2S/c1-22(11-8-14-6-9-20-10-7-14)12-15-4-2-3-5-16(15)18-21-17(13-25-18)19(23)24/h2-7,9-10,13H,8,11-12H2,1H3,(H,23,24). The van der Waals surface area contributed by atoms with Gasteiger partial charge in [0.1, 0.15) is 5.01 Å². The first-order valence-corrected chi connectivity index (χ1v) is 8.86. The van der Waals surface area contributed by atoms with E-state index >= 15 is 0 Å². The van der Waals surface area contributed by atoms with E-state index in [1.54, 1.807) is 5.38 Å². The SMILES string of the molecule is CN(CCc1ccncc1)Cc1ccccc1-c1nc(C(=O)O)cs1. The summed E-state index contributed by atoms with van der Waals surface area (Å²) < 4.78 is 0. The predicted octanol–water partition coefficient (Wildman–Crippen LogP) is 3.58. The Hall–Kier alpha value is -2.57. The van der Waals surface area contributed by atoms with Crippen molar-refractivity contribution in [2.24, 2.45) is 0 Å². The van der Waals surface area contributed by atoms with Crippen LogP contribution in [-0.4, -0.2) is 39.5 Å². The number of rotatable bonds is 7. The zero-order valence-corrected chi connectivity index (χ0v) is 14.7. The molecule has 1 aromatic carbocycles. The number of benzene rings is 1. The second kappa shape index (κ2) is 8.00. The third kappa shape index (κ3) is 4.49. The van der Waals surface area contributed by atoms with Crippen molar-refractivity contribution in [3.8, 4) is 10.6 Å². The summed E-state index contributed by atoms with van der Waals surface area (Å²) in [6.07, 6.45) is 4.59. The number of carboxylic acid groups (broad SMARTS) is 1. The Bertz CT molecular complexity index is 849. The summed E-state index contributed by atoms with van der Waals surface area (Å²) in [5.41, 5.74) is 3.50. The number of likely N-dealkylation sites (N-methyl/N-ethyl adjacent to an activating group) is 1. The summed E-state index contributed by atoms with van der Waals surface area (Å²) in [5, 5.41) is 11.4. The molecule has 0 bridgehead atoms. The number of nitrogens with zero attached hydrogens (tertiary/aromatic N) is 3. The first-order chi connectivity index (χ1) is 12.1. The van der Waals surface area contributed by atoms with Crippen molar-refractivity contribution in [3.63, 3.8) is 0 Å². The summed E-state index contributed by atoms with van der Waals surface area (Å²) in [7, 11) is 2.09. The minimum atomic E-state index is -0.991. The highest BCUT2D eigenvalue weighted by Crippen LogP contribution is 2.28. The van der Waals surface area contributed by atoms with E-state index in [1.165, 1.54) is 16.9 Å². The molecule has 0 aliphatic rings. The van der Waals surface area contributed by atoms with Gasteiger partial charge in [0.2, 0.25) is 0 Å². The van der Waals surface area contributed by atoms with Gasteiger partial charge in [0, 0.05) is 36.4 Å². The number of carboxylic acids is 1. The van der Waals surface area contributed by atoms with Crippen LogP contribution in [0.3, 0.4) is 0 Å². The van der Waals surface area contributed by atoms with E-state index in [-0.39, 0.29) is 5.69 Å². The van der Waals surface area contributed by atoms with Crippen LogP contribution in [0.4, 0.5) is 0 Å². The van der Waals surface area contributed by atoms with Gasteiger partial charge in [-0.05, 0) is 36.7 Å². The molecule has 5 nitrogen and oxygen atoms in total. The molecule has 0 unspecified atom stereocenters. The van der Waals surface area contributed by atoms with E-state index in [1.807, 2.05) is 42.7 Å². The van der Waals surface area contributed by atoms with Crippen LogP contribution in [0.25, 0.3) is 10.6 Å². The molecule has 3 aromatic rings. The molecule has 25 heavy (non-hydrogen) atoms. The van der Waals surface area contributed by atoms with Crippen LogP contribution in [0.1, 0.15) is 21.6 Å². The second-order valence-corrected chi connectivity index (χ2v) is 6.70. The van der Waals surface area contributed by atoms with Crippen LogP contribution in [0, 0.1) is 0 Å². The zero-order chi connectivity index (χ0) is 17.6. The predicted molar refractivity (Wildman–Crippen MR) is 98.8 cm³/mol. The normalized spacial score (nSPS) is 11.0. The first kappa shape index (κ1) is 17.3. The zero-order valence-electron chi connectivity index (χ0n) is 13.9. The van der Waals surface area contributed by atoms with Gasteiger partial charge in [-0.1, -0.05) is 24.3 Å². The van der Waals surface area contributed by atoms with Gasteiger partial charge >= 0.3 is 5.97 Å². The summed E-state index contributed by atoms with van der Waals surface area (Å²) in [5.74, 6) is -0.991. The monoisotopic (exact) mass is 353 g/mol. The Morgan fingerprint density at radius 2 is 1.96 bits per heavy atom. The van der Waals surface area contributed by atoms with Gasteiger partial charge in [0.15, 0.2) is 5.69 Å². The molecule has 6 heteroatoms. The quantitative estimate of drug-likeness (QED) is 0.703. The molecule has 0 saturated heterocycles.